The van der Waals surface area contributed by atoms with Crippen molar-refractivity contribution in [1.82, 2.24) is 9.91 Å². The van der Waals surface area contributed by atoms with Gasteiger partial charge in [0, 0.05) is 18.5 Å². The molecular formula is C29H37N3O4. The number of piperidine rings is 1. The fraction of sp³-hybridized carbons (Fsp3) is 0.483. The molecule has 0 bridgehead atoms. The second kappa shape index (κ2) is 11.7. The van der Waals surface area contributed by atoms with Gasteiger partial charge in [0.05, 0.1) is 37.4 Å². The molecule has 2 heterocycles. The molecule has 0 aromatic heterocycles. The highest BCUT2D eigenvalue weighted by Gasteiger charge is 2.35. The Kier molecular flexibility index (Phi) is 8.41. The van der Waals surface area contributed by atoms with Crippen LogP contribution in [0.25, 0.3) is 0 Å². The van der Waals surface area contributed by atoms with Gasteiger partial charge in [0.1, 0.15) is 5.75 Å². The Morgan fingerprint density at radius 1 is 1.06 bits per heavy atom. The molecule has 4 rings (SSSR count). The number of carbonyl (C=O) groups excluding carboxylic acids is 2. The van der Waals surface area contributed by atoms with Crippen molar-refractivity contribution in [3.05, 3.63) is 64.7 Å². The van der Waals surface area contributed by atoms with Gasteiger partial charge in [-0.05, 0) is 70.3 Å². The van der Waals surface area contributed by atoms with E-state index in [-0.39, 0.29) is 30.4 Å². The molecule has 2 aromatic rings. The molecule has 2 atom stereocenters. The first-order chi connectivity index (χ1) is 17.4. The molecule has 0 spiro atoms. The van der Waals surface area contributed by atoms with Gasteiger partial charge in [-0.2, -0.15) is 5.10 Å². The van der Waals surface area contributed by atoms with Crippen LogP contribution in [0.2, 0.25) is 0 Å². The van der Waals surface area contributed by atoms with Crippen molar-refractivity contribution >= 4 is 17.6 Å². The normalized spacial score (nSPS) is 20.2. The molecule has 7 nitrogen and oxygen atoms in total. The number of carbonyl (C=O) groups is 2. The summed E-state index contributed by atoms with van der Waals surface area (Å²) in [4.78, 5) is 28.0. The molecular weight excluding hydrogens is 454 g/mol. The lowest BCUT2D eigenvalue weighted by Crippen LogP contribution is -2.44. The van der Waals surface area contributed by atoms with Crippen molar-refractivity contribution in [3.63, 3.8) is 0 Å². The van der Waals surface area contributed by atoms with Gasteiger partial charge in [0.2, 0.25) is 0 Å². The standard InChI is InChI=1S/C29H37N3O4/c1-5-35-24-12-10-22(11-13-24)27-17-26(25-14-9-20(3)16-21(25)4)30-32(27)28(33)19-31-15-7-8-23(18-31)29(34)36-6-2/h9-14,16,23,27H,5-8,15,17-19H2,1-4H3. The third-order valence-corrected chi connectivity index (χ3v) is 6.92. The van der Waals surface area contributed by atoms with E-state index in [4.69, 9.17) is 14.6 Å². The SMILES string of the molecule is CCOC(=O)C1CCCN(CC(=O)N2N=C(c3ccc(C)cc3C)CC2c2ccc(OCC)cc2)C1. The van der Waals surface area contributed by atoms with Crippen LogP contribution >= 0.6 is 0 Å². The van der Waals surface area contributed by atoms with Gasteiger partial charge in [0.15, 0.2) is 0 Å². The maximum Gasteiger partial charge on any atom is 0.310 e. The highest BCUT2D eigenvalue weighted by molar-refractivity contribution is 6.04. The summed E-state index contributed by atoms with van der Waals surface area (Å²) in [6.07, 6.45) is 2.32. The molecule has 1 amide bonds. The van der Waals surface area contributed by atoms with Crippen LogP contribution in [0.4, 0.5) is 0 Å². The zero-order valence-corrected chi connectivity index (χ0v) is 21.8. The minimum atomic E-state index is -0.186. The molecule has 2 aliphatic heterocycles. The van der Waals surface area contributed by atoms with Crippen LogP contribution < -0.4 is 4.74 Å². The first kappa shape index (κ1) is 25.9. The van der Waals surface area contributed by atoms with Gasteiger partial charge >= 0.3 is 5.97 Å². The van der Waals surface area contributed by atoms with E-state index >= 15 is 0 Å². The minimum Gasteiger partial charge on any atom is -0.494 e. The number of amides is 1. The van der Waals surface area contributed by atoms with E-state index in [0.717, 1.165) is 47.5 Å². The third-order valence-electron chi connectivity index (χ3n) is 6.92. The maximum atomic E-state index is 13.6. The van der Waals surface area contributed by atoms with Gasteiger partial charge in [-0.15, -0.1) is 0 Å². The molecule has 0 N–H and O–H groups in total. The fourth-order valence-corrected chi connectivity index (χ4v) is 5.17. The van der Waals surface area contributed by atoms with Gasteiger partial charge in [-0.25, -0.2) is 5.01 Å². The second-order valence-corrected chi connectivity index (χ2v) is 9.65. The summed E-state index contributed by atoms with van der Waals surface area (Å²) in [5.74, 6) is 0.406. The molecule has 0 radical (unpaired) electrons. The number of hydrogen-bond acceptors (Lipinski definition) is 6. The van der Waals surface area contributed by atoms with E-state index < -0.39 is 0 Å². The van der Waals surface area contributed by atoms with Crippen molar-refractivity contribution in [1.29, 1.82) is 0 Å². The molecule has 0 aliphatic carbocycles. The van der Waals surface area contributed by atoms with Crippen molar-refractivity contribution in [2.45, 2.75) is 53.0 Å². The van der Waals surface area contributed by atoms with E-state index in [0.29, 0.717) is 26.2 Å². The number of esters is 1. The van der Waals surface area contributed by atoms with E-state index in [9.17, 15) is 9.59 Å². The lowest BCUT2D eigenvalue weighted by Gasteiger charge is -2.32. The lowest BCUT2D eigenvalue weighted by molar-refractivity contribution is -0.150. The minimum absolute atomic E-state index is 0.0573. The predicted octanol–water partition coefficient (Wildman–Crippen LogP) is 4.65. The highest BCUT2D eigenvalue weighted by Crippen LogP contribution is 2.34. The number of likely N-dealkylation sites (tertiary alicyclic amines) is 1. The van der Waals surface area contributed by atoms with Gasteiger partial charge in [0.25, 0.3) is 5.91 Å². The number of aryl methyl sites for hydroxylation is 2. The summed E-state index contributed by atoms with van der Waals surface area (Å²) in [5, 5.41) is 6.52. The van der Waals surface area contributed by atoms with Crippen molar-refractivity contribution in [3.8, 4) is 5.75 Å². The Morgan fingerprint density at radius 2 is 1.83 bits per heavy atom. The van der Waals surface area contributed by atoms with E-state index in [1.54, 1.807) is 5.01 Å². The van der Waals surface area contributed by atoms with Crippen LogP contribution in [-0.2, 0) is 14.3 Å². The average molecular weight is 492 g/mol. The molecule has 7 heteroatoms. The molecule has 192 valence electrons. The Bertz CT molecular complexity index is 1110. The summed E-state index contributed by atoms with van der Waals surface area (Å²) >= 11 is 0. The Morgan fingerprint density at radius 3 is 2.53 bits per heavy atom. The molecule has 1 fully saturated rings. The smallest absolute Gasteiger partial charge is 0.310 e. The summed E-state index contributed by atoms with van der Waals surface area (Å²) in [6, 6.07) is 14.1. The van der Waals surface area contributed by atoms with E-state index in [2.05, 4.69) is 36.9 Å². The van der Waals surface area contributed by atoms with Crippen molar-refractivity contribution in [2.75, 3.05) is 32.8 Å². The quantitative estimate of drug-likeness (QED) is 0.503. The summed E-state index contributed by atoms with van der Waals surface area (Å²) in [6.45, 7) is 10.5. The number of nitrogens with zero attached hydrogens (tertiary/aromatic N) is 3. The third kappa shape index (κ3) is 5.95. The fourth-order valence-electron chi connectivity index (χ4n) is 5.17. The summed E-state index contributed by atoms with van der Waals surface area (Å²) < 4.78 is 10.8. The topological polar surface area (TPSA) is 71.4 Å². The van der Waals surface area contributed by atoms with Crippen LogP contribution in [0.5, 0.6) is 5.75 Å². The molecule has 2 aliphatic rings. The highest BCUT2D eigenvalue weighted by atomic mass is 16.5. The van der Waals surface area contributed by atoms with Gasteiger partial charge in [-0.1, -0.05) is 35.9 Å². The van der Waals surface area contributed by atoms with E-state index in [1.807, 2.05) is 38.1 Å². The molecule has 0 saturated carbocycles. The van der Waals surface area contributed by atoms with Gasteiger partial charge in [-0.3, -0.25) is 14.5 Å². The van der Waals surface area contributed by atoms with Crippen LogP contribution in [-0.4, -0.2) is 60.3 Å². The van der Waals surface area contributed by atoms with Gasteiger partial charge < -0.3 is 9.47 Å². The zero-order valence-electron chi connectivity index (χ0n) is 21.8. The number of hydrazone groups is 1. The summed E-state index contributed by atoms with van der Waals surface area (Å²) in [7, 11) is 0. The monoisotopic (exact) mass is 491 g/mol. The molecule has 1 saturated heterocycles. The van der Waals surface area contributed by atoms with E-state index in [1.165, 1.54) is 5.56 Å². The number of benzene rings is 2. The molecule has 2 unspecified atom stereocenters. The van der Waals surface area contributed by atoms with Crippen LogP contribution in [0.1, 0.15) is 61.4 Å². The predicted molar refractivity (Wildman–Crippen MR) is 140 cm³/mol. The van der Waals surface area contributed by atoms with Crippen LogP contribution in [0, 0.1) is 19.8 Å². The molecule has 2 aromatic carbocycles. The number of rotatable bonds is 8. The van der Waals surface area contributed by atoms with Crippen molar-refractivity contribution < 1.29 is 19.1 Å². The number of ether oxygens (including phenoxy) is 2. The second-order valence-electron chi connectivity index (χ2n) is 9.65. The van der Waals surface area contributed by atoms with Crippen LogP contribution in [0.15, 0.2) is 47.6 Å². The Balaban J connectivity index is 1.56. The first-order valence-electron chi connectivity index (χ1n) is 13.0. The lowest BCUT2D eigenvalue weighted by atomic mass is 9.95. The maximum absolute atomic E-state index is 13.6. The average Bonchev–Trinajstić information content (AvgIpc) is 3.30. The van der Waals surface area contributed by atoms with Crippen molar-refractivity contribution in [2.24, 2.45) is 11.0 Å². The molecule has 36 heavy (non-hydrogen) atoms. The summed E-state index contributed by atoms with van der Waals surface area (Å²) in [5.41, 5.74) is 5.38. The first-order valence-corrected chi connectivity index (χ1v) is 13.0. The Labute approximate surface area is 214 Å². The largest absolute Gasteiger partial charge is 0.494 e. The Hall–Kier alpha value is -3.19. The van der Waals surface area contributed by atoms with Crippen LogP contribution in [0.3, 0.4) is 0 Å². The zero-order chi connectivity index (χ0) is 25.7. The number of hydrogen-bond donors (Lipinski definition) is 0.